The van der Waals surface area contributed by atoms with Crippen molar-refractivity contribution in [1.29, 1.82) is 0 Å². The third-order valence-electron chi connectivity index (χ3n) is 1.74. The van der Waals surface area contributed by atoms with Gasteiger partial charge in [0.05, 0.1) is 14.2 Å². The van der Waals surface area contributed by atoms with E-state index in [0.29, 0.717) is 0 Å². The van der Waals surface area contributed by atoms with Gasteiger partial charge in [0.15, 0.2) is 0 Å². The smallest absolute Gasteiger partial charge is 0.138 e. The first kappa shape index (κ1) is 10.2. The van der Waals surface area contributed by atoms with E-state index in [4.69, 9.17) is 9.47 Å². The highest BCUT2D eigenvalue weighted by molar-refractivity contribution is 8.09. The molecule has 2 nitrogen and oxygen atoms in total. The number of rotatable bonds is 2. The molecule has 0 saturated carbocycles. The lowest BCUT2D eigenvalue weighted by atomic mass is 10.3. The van der Waals surface area contributed by atoms with Gasteiger partial charge in [0.1, 0.15) is 20.9 Å². The summed E-state index contributed by atoms with van der Waals surface area (Å²) in [5.74, 6) is 1.84. The zero-order chi connectivity index (χ0) is 9.97. The van der Waals surface area contributed by atoms with Gasteiger partial charge in [0.2, 0.25) is 0 Å². The monoisotopic (exact) mass is 264 g/mol. The lowest BCUT2D eigenvalue weighted by Gasteiger charge is -2.06. The van der Waals surface area contributed by atoms with Gasteiger partial charge in [-0.2, -0.15) is 0 Å². The van der Waals surface area contributed by atoms with Gasteiger partial charge < -0.3 is 9.47 Å². The summed E-state index contributed by atoms with van der Waals surface area (Å²) in [5, 5.41) is 0. The van der Waals surface area contributed by atoms with Gasteiger partial charge in [0.25, 0.3) is 0 Å². The summed E-state index contributed by atoms with van der Waals surface area (Å²) in [6.45, 7) is 0. The van der Waals surface area contributed by atoms with Crippen LogP contribution in [0.4, 0.5) is 0 Å². The van der Waals surface area contributed by atoms with Crippen molar-refractivity contribution in [2.45, 2.75) is 0 Å². The third-order valence-corrected chi connectivity index (χ3v) is 8.01. The van der Waals surface area contributed by atoms with E-state index in [0.717, 1.165) is 11.5 Å². The maximum absolute atomic E-state index is 5.30. The first-order valence-corrected chi connectivity index (χ1v) is 8.61. The molecule has 0 N–H and O–H groups in total. The molecule has 1 aromatic heterocycles. The highest BCUT2D eigenvalue weighted by Crippen LogP contribution is 2.41. The summed E-state index contributed by atoms with van der Waals surface area (Å²) in [5.41, 5.74) is 0. The van der Waals surface area contributed by atoms with E-state index in [-0.39, 0.29) is 0 Å². The Hall–Kier alpha value is -0.300. The van der Waals surface area contributed by atoms with Gasteiger partial charge in [0, 0.05) is 0 Å². The zero-order valence-corrected chi connectivity index (χ0v) is 10.9. The molecule has 6 heteroatoms. The fraction of sp³-hybridized carbons (Fsp3) is 0.250. The van der Waals surface area contributed by atoms with Crippen LogP contribution in [-0.2, 0) is 0 Å². The van der Waals surface area contributed by atoms with E-state index in [1.807, 2.05) is 12.1 Å². The normalized spacial score (nSPS) is 10.1. The maximum atomic E-state index is 5.30. The minimum Gasteiger partial charge on any atom is -0.495 e. The number of hydrogen-bond acceptors (Lipinski definition) is 6. The number of methoxy groups -OCH3 is 2. The minimum atomic E-state index is 0.922. The molecule has 0 atom stereocenters. The van der Waals surface area contributed by atoms with Crippen molar-refractivity contribution in [2.75, 3.05) is 14.2 Å². The molecule has 0 saturated heterocycles. The molecule has 1 aromatic carbocycles. The predicted octanol–water partition coefficient (Wildman–Crippen LogP) is 4.23. The van der Waals surface area contributed by atoms with Crippen molar-refractivity contribution in [1.82, 2.24) is 0 Å². The summed E-state index contributed by atoms with van der Waals surface area (Å²) in [7, 11) is 10.3. The van der Waals surface area contributed by atoms with Gasteiger partial charge in [-0.1, -0.05) is 20.7 Å². The first-order chi connectivity index (χ1) is 6.86. The molecule has 0 spiro atoms. The van der Waals surface area contributed by atoms with Crippen LogP contribution in [0.1, 0.15) is 0 Å². The fourth-order valence-electron chi connectivity index (χ4n) is 1.10. The van der Waals surface area contributed by atoms with E-state index in [1.54, 1.807) is 53.6 Å². The molecule has 76 valence electrons. The van der Waals surface area contributed by atoms with Crippen molar-refractivity contribution < 1.29 is 9.47 Å². The van der Waals surface area contributed by atoms with E-state index < -0.39 is 0 Å². The number of benzene rings is 1. The summed E-state index contributed by atoms with van der Waals surface area (Å²) >= 11 is 0. The molecular formula is C8H8O2S4. The summed E-state index contributed by atoms with van der Waals surface area (Å²) in [6, 6.07) is 3.89. The van der Waals surface area contributed by atoms with Gasteiger partial charge in [-0.05, 0) is 30.8 Å². The van der Waals surface area contributed by atoms with Crippen molar-refractivity contribution in [3.8, 4) is 11.5 Å². The Balaban J connectivity index is 2.78. The van der Waals surface area contributed by atoms with Crippen molar-refractivity contribution in [3.63, 3.8) is 0 Å². The first-order valence-electron chi connectivity index (χ1n) is 3.79. The number of ether oxygens (including phenoxy) is 2. The van der Waals surface area contributed by atoms with E-state index in [9.17, 15) is 0 Å². The summed E-state index contributed by atoms with van der Waals surface area (Å²) in [6.07, 6.45) is 0. The van der Waals surface area contributed by atoms with Crippen LogP contribution in [0.25, 0.3) is 9.40 Å². The second-order valence-corrected chi connectivity index (χ2v) is 8.12. The Bertz CT molecular complexity index is 418. The van der Waals surface area contributed by atoms with Gasteiger partial charge in [-0.3, -0.25) is 0 Å². The lowest BCUT2D eigenvalue weighted by Crippen LogP contribution is -1.86. The number of fused-ring (bicyclic) bond motifs is 1. The van der Waals surface area contributed by atoms with Crippen LogP contribution >= 0.6 is 39.4 Å². The van der Waals surface area contributed by atoms with E-state index in [1.165, 1.54) is 9.40 Å². The van der Waals surface area contributed by atoms with Gasteiger partial charge in [-0.25, -0.2) is 0 Å². The average molecular weight is 264 g/mol. The standard InChI is InChI=1S/C8H8O2S4/c1-9-5-3-4-6(10-2)8-7(5)11-13-14-12-8/h3-4H,1-2H3. The van der Waals surface area contributed by atoms with E-state index >= 15 is 0 Å². The molecule has 0 bridgehead atoms. The Morgan fingerprint density at radius 3 is 1.64 bits per heavy atom. The molecule has 14 heavy (non-hydrogen) atoms. The van der Waals surface area contributed by atoms with Crippen LogP contribution in [0, 0.1) is 0 Å². The Morgan fingerprint density at radius 1 is 0.857 bits per heavy atom. The van der Waals surface area contributed by atoms with Gasteiger partial charge in [-0.15, -0.1) is 0 Å². The number of hydrogen-bond donors (Lipinski definition) is 0. The summed E-state index contributed by atoms with van der Waals surface area (Å²) < 4.78 is 12.9. The quantitative estimate of drug-likeness (QED) is 0.756. The second-order valence-electron chi connectivity index (χ2n) is 2.43. The molecule has 0 aliphatic rings. The zero-order valence-electron chi connectivity index (χ0n) is 7.60. The molecule has 2 aromatic rings. The average Bonchev–Trinajstić information content (AvgIpc) is 2.27. The van der Waals surface area contributed by atoms with Crippen LogP contribution in [0.2, 0.25) is 0 Å². The Labute approximate surface area is 95.8 Å². The van der Waals surface area contributed by atoms with Crippen LogP contribution in [-0.4, -0.2) is 14.2 Å². The molecule has 0 radical (unpaired) electrons. The third kappa shape index (κ3) is 1.75. The molecule has 0 amide bonds. The molecule has 2 rings (SSSR count). The van der Waals surface area contributed by atoms with Gasteiger partial charge >= 0.3 is 0 Å². The van der Waals surface area contributed by atoms with Crippen molar-refractivity contribution >= 4 is 48.8 Å². The second kappa shape index (κ2) is 4.48. The highest BCUT2D eigenvalue weighted by Gasteiger charge is 2.07. The predicted molar refractivity (Wildman–Crippen MR) is 66.2 cm³/mol. The molecular weight excluding hydrogens is 256 g/mol. The molecule has 0 aliphatic carbocycles. The molecule has 1 heterocycles. The van der Waals surface area contributed by atoms with E-state index in [2.05, 4.69) is 0 Å². The van der Waals surface area contributed by atoms with Crippen LogP contribution < -0.4 is 9.47 Å². The molecule has 0 unspecified atom stereocenters. The lowest BCUT2D eigenvalue weighted by molar-refractivity contribution is 0.411. The SMILES string of the molecule is COc1ccc(OC)c2ssssc12. The van der Waals surface area contributed by atoms with Crippen LogP contribution in [0.15, 0.2) is 12.1 Å². The molecule has 0 fully saturated rings. The Kier molecular flexibility index (Phi) is 3.27. The Morgan fingerprint density at radius 2 is 1.29 bits per heavy atom. The highest BCUT2D eigenvalue weighted by atomic mass is 33.4. The topological polar surface area (TPSA) is 18.5 Å². The fourth-order valence-corrected chi connectivity index (χ4v) is 7.47. The summed E-state index contributed by atoms with van der Waals surface area (Å²) in [4.78, 5) is 0. The largest absolute Gasteiger partial charge is 0.495 e. The minimum absolute atomic E-state index is 0.922. The van der Waals surface area contributed by atoms with Crippen molar-refractivity contribution in [3.05, 3.63) is 12.1 Å². The van der Waals surface area contributed by atoms with Crippen molar-refractivity contribution in [2.24, 2.45) is 0 Å². The van der Waals surface area contributed by atoms with Crippen LogP contribution in [0.3, 0.4) is 0 Å². The van der Waals surface area contributed by atoms with Crippen LogP contribution in [0.5, 0.6) is 11.5 Å². The maximum Gasteiger partial charge on any atom is 0.138 e. The molecule has 0 aliphatic heterocycles.